The van der Waals surface area contributed by atoms with Gasteiger partial charge in [-0.3, -0.25) is 0 Å². The van der Waals surface area contributed by atoms with Crippen molar-refractivity contribution >= 4 is 0 Å². The minimum atomic E-state index is -0.485. The maximum atomic E-state index is 9.55. The maximum absolute atomic E-state index is 9.55. The Morgan fingerprint density at radius 2 is 2.06 bits per heavy atom. The second-order valence-corrected chi connectivity index (χ2v) is 3.65. The van der Waals surface area contributed by atoms with E-state index in [1.165, 1.54) is 0 Å². The molecule has 0 aromatic heterocycles. The molecule has 16 heavy (non-hydrogen) atoms. The van der Waals surface area contributed by atoms with E-state index >= 15 is 0 Å². The number of hydrogen-bond donors (Lipinski definition) is 2. The zero-order valence-corrected chi connectivity index (χ0v) is 10.6. The van der Waals surface area contributed by atoms with Crippen molar-refractivity contribution in [3.05, 3.63) is 0 Å². The predicted octanol–water partition coefficient (Wildman–Crippen LogP) is 0.0249. The molecule has 0 aromatic rings. The van der Waals surface area contributed by atoms with Gasteiger partial charge < -0.3 is 24.6 Å². The Morgan fingerprint density at radius 1 is 1.31 bits per heavy atom. The first-order valence-corrected chi connectivity index (χ1v) is 5.77. The second kappa shape index (κ2) is 11.3. The quantitative estimate of drug-likeness (QED) is 0.495. The van der Waals surface area contributed by atoms with Crippen LogP contribution in [0.15, 0.2) is 0 Å². The summed E-state index contributed by atoms with van der Waals surface area (Å²) in [6, 6.07) is 0. The van der Waals surface area contributed by atoms with E-state index in [4.69, 9.17) is 14.2 Å². The first kappa shape index (κ1) is 15.8. The lowest BCUT2D eigenvalue weighted by Gasteiger charge is -2.16. The molecule has 2 atom stereocenters. The molecule has 5 nitrogen and oxygen atoms in total. The van der Waals surface area contributed by atoms with Crippen LogP contribution in [0.5, 0.6) is 0 Å². The third kappa shape index (κ3) is 10.3. The number of aliphatic hydroxyl groups is 1. The van der Waals surface area contributed by atoms with Gasteiger partial charge >= 0.3 is 0 Å². The minimum Gasteiger partial charge on any atom is -0.389 e. The molecule has 0 rings (SSSR count). The van der Waals surface area contributed by atoms with E-state index in [1.807, 2.05) is 13.8 Å². The molecule has 0 fully saturated rings. The van der Waals surface area contributed by atoms with Crippen LogP contribution < -0.4 is 5.32 Å². The van der Waals surface area contributed by atoms with Crippen LogP contribution in [0.2, 0.25) is 0 Å². The molecule has 0 saturated carbocycles. The molecule has 98 valence electrons. The van der Waals surface area contributed by atoms with Crippen molar-refractivity contribution in [3.8, 4) is 0 Å². The van der Waals surface area contributed by atoms with E-state index < -0.39 is 6.10 Å². The third-order valence-corrected chi connectivity index (χ3v) is 1.99. The molecule has 0 aliphatic heterocycles. The highest BCUT2D eigenvalue weighted by molar-refractivity contribution is 4.59. The summed E-state index contributed by atoms with van der Waals surface area (Å²) in [7, 11) is 1.65. The lowest BCUT2D eigenvalue weighted by atomic mass is 10.3. The van der Waals surface area contributed by atoms with E-state index in [2.05, 4.69) is 5.32 Å². The van der Waals surface area contributed by atoms with E-state index in [9.17, 15) is 5.11 Å². The van der Waals surface area contributed by atoms with Crippen LogP contribution in [0.1, 0.15) is 13.8 Å². The summed E-state index contributed by atoms with van der Waals surface area (Å²) < 4.78 is 15.5. The molecule has 0 spiro atoms. The van der Waals surface area contributed by atoms with Gasteiger partial charge in [-0.15, -0.1) is 0 Å². The monoisotopic (exact) mass is 235 g/mol. The molecule has 0 heterocycles. The van der Waals surface area contributed by atoms with Gasteiger partial charge in [0.05, 0.1) is 32.0 Å². The summed E-state index contributed by atoms with van der Waals surface area (Å²) >= 11 is 0. The van der Waals surface area contributed by atoms with Crippen molar-refractivity contribution in [3.63, 3.8) is 0 Å². The summed E-state index contributed by atoms with van der Waals surface area (Å²) in [4.78, 5) is 0. The normalized spacial score (nSPS) is 15.0. The fourth-order valence-electron chi connectivity index (χ4n) is 1.11. The molecule has 5 heteroatoms. The summed E-state index contributed by atoms with van der Waals surface area (Å²) in [5.41, 5.74) is 0. The Hall–Kier alpha value is -0.200. The Balaban J connectivity index is 3.31. The van der Waals surface area contributed by atoms with Gasteiger partial charge in [-0.25, -0.2) is 0 Å². The largest absolute Gasteiger partial charge is 0.389 e. The molecule has 0 aliphatic carbocycles. The number of nitrogens with one attached hydrogen (secondary N) is 1. The summed E-state index contributed by atoms with van der Waals surface area (Å²) in [6.45, 7) is 7.37. The van der Waals surface area contributed by atoms with Gasteiger partial charge in [-0.1, -0.05) is 0 Å². The van der Waals surface area contributed by atoms with Gasteiger partial charge in [0, 0.05) is 26.8 Å². The molecule has 0 radical (unpaired) electrons. The standard InChI is InChI=1S/C11H25NO4/c1-4-15-8-10(2)16-9-11(13)7-12-5-6-14-3/h10-13H,4-9H2,1-3H3. The van der Waals surface area contributed by atoms with Gasteiger partial charge in [-0.05, 0) is 13.8 Å². The van der Waals surface area contributed by atoms with Gasteiger partial charge in [-0.2, -0.15) is 0 Å². The molecule has 0 bridgehead atoms. The van der Waals surface area contributed by atoms with Crippen LogP contribution in [0.4, 0.5) is 0 Å². The summed E-state index contributed by atoms with van der Waals surface area (Å²) in [6.07, 6.45) is -0.463. The molecule has 0 saturated heterocycles. The second-order valence-electron chi connectivity index (χ2n) is 3.65. The molecule has 0 aromatic carbocycles. The van der Waals surface area contributed by atoms with Crippen LogP contribution in [-0.2, 0) is 14.2 Å². The number of ether oxygens (including phenoxy) is 3. The first-order valence-electron chi connectivity index (χ1n) is 5.77. The van der Waals surface area contributed by atoms with Crippen molar-refractivity contribution in [2.75, 3.05) is 46.6 Å². The fourth-order valence-corrected chi connectivity index (χ4v) is 1.11. The zero-order chi connectivity index (χ0) is 12.2. The molecular formula is C11H25NO4. The Kier molecular flexibility index (Phi) is 11.1. The van der Waals surface area contributed by atoms with E-state index in [0.29, 0.717) is 33.0 Å². The van der Waals surface area contributed by atoms with Gasteiger partial charge in [0.15, 0.2) is 0 Å². The van der Waals surface area contributed by atoms with E-state index in [0.717, 1.165) is 6.54 Å². The number of hydrogen-bond acceptors (Lipinski definition) is 5. The van der Waals surface area contributed by atoms with E-state index in [1.54, 1.807) is 7.11 Å². The zero-order valence-electron chi connectivity index (χ0n) is 10.6. The van der Waals surface area contributed by atoms with Gasteiger partial charge in [0.2, 0.25) is 0 Å². The number of aliphatic hydroxyl groups excluding tert-OH is 1. The Morgan fingerprint density at radius 3 is 2.69 bits per heavy atom. The Labute approximate surface area is 98.1 Å². The first-order chi connectivity index (χ1) is 7.70. The van der Waals surface area contributed by atoms with Crippen molar-refractivity contribution in [2.45, 2.75) is 26.1 Å². The van der Waals surface area contributed by atoms with Crippen LogP contribution >= 0.6 is 0 Å². The molecule has 0 aliphatic rings. The van der Waals surface area contributed by atoms with Crippen LogP contribution in [0.25, 0.3) is 0 Å². The highest BCUT2D eigenvalue weighted by atomic mass is 16.5. The lowest BCUT2D eigenvalue weighted by Crippen LogP contribution is -2.33. The van der Waals surface area contributed by atoms with E-state index in [-0.39, 0.29) is 6.10 Å². The topological polar surface area (TPSA) is 60.0 Å². The lowest BCUT2D eigenvalue weighted by molar-refractivity contribution is -0.0382. The number of methoxy groups -OCH3 is 1. The Bertz CT molecular complexity index is 146. The van der Waals surface area contributed by atoms with Crippen molar-refractivity contribution in [1.29, 1.82) is 0 Å². The highest BCUT2D eigenvalue weighted by Gasteiger charge is 2.07. The smallest absolute Gasteiger partial charge is 0.0897 e. The van der Waals surface area contributed by atoms with Gasteiger partial charge in [0.1, 0.15) is 0 Å². The van der Waals surface area contributed by atoms with Crippen LogP contribution in [0.3, 0.4) is 0 Å². The van der Waals surface area contributed by atoms with Crippen LogP contribution in [0, 0.1) is 0 Å². The van der Waals surface area contributed by atoms with Crippen LogP contribution in [-0.4, -0.2) is 63.9 Å². The van der Waals surface area contributed by atoms with Crippen molar-refractivity contribution in [1.82, 2.24) is 5.32 Å². The SMILES string of the molecule is CCOCC(C)OCC(O)CNCCOC. The average Bonchev–Trinajstić information content (AvgIpc) is 2.29. The third-order valence-electron chi connectivity index (χ3n) is 1.99. The molecule has 2 N–H and O–H groups in total. The number of rotatable bonds is 11. The minimum absolute atomic E-state index is 0.0218. The predicted molar refractivity (Wildman–Crippen MR) is 62.7 cm³/mol. The molecule has 2 unspecified atom stereocenters. The van der Waals surface area contributed by atoms with Crippen molar-refractivity contribution in [2.24, 2.45) is 0 Å². The fraction of sp³-hybridized carbons (Fsp3) is 1.00. The summed E-state index contributed by atoms with van der Waals surface area (Å²) in [5, 5.41) is 12.6. The maximum Gasteiger partial charge on any atom is 0.0897 e. The van der Waals surface area contributed by atoms with Crippen molar-refractivity contribution < 1.29 is 19.3 Å². The molecule has 0 amide bonds. The molecular weight excluding hydrogens is 210 g/mol. The van der Waals surface area contributed by atoms with Gasteiger partial charge in [0.25, 0.3) is 0 Å². The highest BCUT2D eigenvalue weighted by Crippen LogP contribution is 1.94. The average molecular weight is 235 g/mol. The summed E-state index contributed by atoms with van der Waals surface area (Å²) in [5.74, 6) is 0.